The summed E-state index contributed by atoms with van der Waals surface area (Å²) in [6.45, 7) is 11.2. The van der Waals surface area contributed by atoms with Gasteiger partial charge in [0.2, 0.25) is 0 Å². The molecule has 0 N–H and O–H groups in total. The fraction of sp³-hybridized carbons (Fsp3) is 0.822. The summed E-state index contributed by atoms with van der Waals surface area (Å²) < 4.78 is 28.6. The van der Waals surface area contributed by atoms with Crippen LogP contribution in [0.2, 0.25) is 0 Å². The average molecular weight is 791 g/mol. The molecule has 56 heavy (non-hydrogen) atoms. The predicted octanol–water partition coefficient (Wildman–Crippen LogP) is 9.43. The van der Waals surface area contributed by atoms with E-state index in [1.807, 2.05) is 0 Å². The van der Waals surface area contributed by atoms with Gasteiger partial charge >= 0.3 is 23.9 Å². The van der Waals surface area contributed by atoms with E-state index in [9.17, 15) is 28.8 Å². The van der Waals surface area contributed by atoms with Crippen LogP contribution in [0.5, 0.6) is 0 Å². The molecule has 0 aliphatic carbocycles. The minimum Gasteiger partial charge on any atom is -0.462 e. The van der Waals surface area contributed by atoms with Gasteiger partial charge in [-0.2, -0.15) is 0 Å². The van der Waals surface area contributed by atoms with Crippen molar-refractivity contribution in [1.29, 1.82) is 0 Å². The van der Waals surface area contributed by atoms with Crippen LogP contribution in [-0.2, 0) is 52.5 Å². The van der Waals surface area contributed by atoms with E-state index >= 15 is 0 Å². The van der Waals surface area contributed by atoms with Gasteiger partial charge in [-0.1, -0.05) is 90.4 Å². The highest BCUT2D eigenvalue weighted by molar-refractivity contribution is 5.91. The molecule has 0 unspecified atom stereocenters. The maximum atomic E-state index is 13.1. The molecule has 0 aromatic heterocycles. The number of unbranched alkanes of at least 4 members (excludes halogenated alkanes) is 13. The lowest BCUT2D eigenvalue weighted by Crippen LogP contribution is -2.38. The van der Waals surface area contributed by atoms with Crippen molar-refractivity contribution in [3.8, 4) is 0 Å². The second-order valence-corrected chi connectivity index (χ2v) is 16.3. The number of carbonyl (C=O) groups is 6. The van der Waals surface area contributed by atoms with E-state index in [0.29, 0.717) is 50.5 Å². The molecule has 2 heterocycles. The van der Waals surface area contributed by atoms with Crippen molar-refractivity contribution in [3.63, 3.8) is 0 Å². The zero-order valence-electron chi connectivity index (χ0n) is 35.7. The fourth-order valence-electron chi connectivity index (χ4n) is 8.28. The van der Waals surface area contributed by atoms with Crippen LogP contribution in [0.1, 0.15) is 190 Å². The van der Waals surface area contributed by atoms with Crippen LogP contribution in [-0.4, -0.2) is 72.1 Å². The van der Waals surface area contributed by atoms with Gasteiger partial charge in [-0.3, -0.25) is 24.0 Å². The first-order chi connectivity index (χ1) is 26.7. The van der Waals surface area contributed by atoms with Crippen LogP contribution in [0.4, 0.5) is 0 Å². The summed E-state index contributed by atoms with van der Waals surface area (Å²) in [4.78, 5) is 74.0. The number of Topliss-reactive ketones (excluding diaryl/α,β-unsaturated/α-hetero) is 2. The monoisotopic (exact) mass is 791 g/mol. The third-order valence-corrected chi connectivity index (χ3v) is 11.2. The van der Waals surface area contributed by atoms with E-state index in [1.165, 1.54) is 85.5 Å². The van der Waals surface area contributed by atoms with E-state index in [2.05, 4.69) is 6.92 Å². The van der Waals surface area contributed by atoms with Crippen molar-refractivity contribution in [3.05, 3.63) is 11.6 Å². The Bertz CT molecular complexity index is 1260. The molecule has 0 radical (unpaired) electrons. The van der Waals surface area contributed by atoms with E-state index in [-0.39, 0.29) is 29.6 Å². The Hall–Kier alpha value is -3.08. The Kier molecular flexibility index (Phi) is 24.1. The molecule has 0 bridgehead atoms. The number of hydrogen-bond donors (Lipinski definition) is 0. The van der Waals surface area contributed by atoms with E-state index in [4.69, 9.17) is 23.7 Å². The number of ether oxygens (including phenoxy) is 5. The lowest BCUT2D eigenvalue weighted by molar-refractivity contribution is -0.159. The van der Waals surface area contributed by atoms with Crippen LogP contribution in [0.25, 0.3) is 0 Å². The van der Waals surface area contributed by atoms with Gasteiger partial charge in [-0.05, 0) is 71.8 Å². The number of esters is 4. The molecule has 0 aromatic rings. The third kappa shape index (κ3) is 19.9. The standard InChI is InChI=1S/C45H74O11/c1-8-9-10-11-12-13-14-15-16-17-18-22-25-41(54-35(6)49)42-30-43(55-36(7)50)44(56-42)40(33(4)47)27-26-37(32(3)46)23-20-19-21-24-39(53-34(5)48)29-38-28-31(2)52-45(38)51/h28,31,37,39-44H,8-27,29-30H2,1-7H3/t31-,37-,39+,40+,41-,42-,43+,44+/m0/s1. The Morgan fingerprint density at radius 3 is 1.75 bits per heavy atom. The average Bonchev–Trinajstić information content (AvgIpc) is 3.66. The highest BCUT2D eigenvalue weighted by Crippen LogP contribution is 2.36. The van der Waals surface area contributed by atoms with E-state index in [0.717, 1.165) is 38.5 Å². The SMILES string of the molecule is CCCCCCCCCCCCCC[C@H](OC(C)=O)[C@@H]1C[C@@H](OC(C)=O)[C@@H]([C@H](CC[C@H](CCCCC[C@H](CC2=C[C@H](C)OC2=O)OC(C)=O)C(C)=O)C(C)=O)O1. The Labute approximate surface area is 337 Å². The first-order valence-corrected chi connectivity index (χ1v) is 21.8. The smallest absolute Gasteiger partial charge is 0.334 e. The highest BCUT2D eigenvalue weighted by Gasteiger charge is 2.47. The van der Waals surface area contributed by atoms with Crippen LogP contribution >= 0.6 is 0 Å². The largest absolute Gasteiger partial charge is 0.462 e. The summed E-state index contributed by atoms with van der Waals surface area (Å²) in [5.74, 6) is -2.56. The van der Waals surface area contributed by atoms with E-state index in [1.54, 1.807) is 19.9 Å². The van der Waals surface area contributed by atoms with Crippen LogP contribution in [0.3, 0.4) is 0 Å². The quantitative estimate of drug-likeness (QED) is 0.0376. The highest BCUT2D eigenvalue weighted by atomic mass is 16.6. The molecule has 2 aliphatic heterocycles. The molecule has 11 heteroatoms. The lowest BCUT2D eigenvalue weighted by Gasteiger charge is -2.28. The Morgan fingerprint density at radius 2 is 1.23 bits per heavy atom. The predicted molar refractivity (Wildman–Crippen MR) is 215 cm³/mol. The van der Waals surface area contributed by atoms with Crippen molar-refractivity contribution in [2.24, 2.45) is 11.8 Å². The van der Waals surface area contributed by atoms with Gasteiger partial charge in [0.25, 0.3) is 0 Å². The fourth-order valence-corrected chi connectivity index (χ4v) is 8.28. The van der Waals surface area contributed by atoms with Crippen LogP contribution in [0, 0.1) is 11.8 Å². The number of cyclic esters (lactones) is 1. The summed E-state index contributed by atoms with van der Waals surface area (Å²) in [5.41, 5.74) is 0.524. The van der Waals surface area contributed by atoms with Crippen molar-refractivity contribution >= 4 is 35.4 Å². The second-order valence-electron chi connectivity index (χ2n) is 16.3. The summed E-state index contributed by atoms with van der Waals surface area (Å²) in [7, 11) is 0. The molecule has 320 valence electrons. The first kappa shape index (κ1) is 49.1. The molecule has 11 nitrogen and oxygen atoms in total. The van der Waals surface area contributed by atoms with Crippen molar-refractivity contribution in [2.45, 2.75) is 226 Å². The van der Waals surface area contributed by atoms with Gasteiger partial charge in [-0.25, -0.2) is 4.79 Å². The van der Waals surface area contributed by atoms with Crippen LogP contribution in [0.15, 0.2) is 11.6 Å². The zero-order chi connectivity index (χ0) is 41.5. The maximum absolute atomic E-state index is 13.1. The van der Waals surface area contributed by atoms with Gasteiger partial charge in [-0.15, -0.1) is 0 Å². The summed E-state index contributed by atoms with van der Waals surface area (Å²) in [5, 5.41) is 0. The number of carbonyl (C=O) groups excluding carboxylic acids is 6. The normalized spacial score (nSPS) is 21.4. The molecule has 0 saturated carbocycles. The maximum Gasteiger partial charge on any atom is 0.334 e. The number of ketones is 2. The third-order valence-electron chi connectivity index (χ3n) is 11.2. The molecule has 2 aliphatic rings. The van der Waals surface area contributed by atoms with Gasteiger partial charge in [0, 0.05) is 51.0 Å². The summed E-state index contributed by atoms with van der Waals surface area (Å²) in [6.07, 6.45) is 19.0. The Morgan fingerprint density at radius 1 is 0.679 bits per heavy atom. The minimum atomic E-state index is -0.706. The molecule has 8 atom stereocenters. The Balaban J connectivity index is 1.92. The van der Waals surface area contributed by atoms with Gasteiger partial charge in [0.15, 0.2) is 0 Å². The van der Waals surface area contributed by atoms with Crippen molar-refractivity contribution in [2.75, 3.05) is 0 Å². The lowest BCUT2D eigenvalue weighted by atomic mass is 9.84. The molecular weight excluding hydrogens is 716 g/mol. The zero-order valence-corrected chi connectivity index (χ0v) is 35.7. The molecule has 0 spiro atoms. The number of hydrogen-bond acceptors (Lipinski definition) is 11. The molecule has 1 fully saturated rings. The topological polar surface area (TPSA) is 149 Å². The molecular formula is C45H74O11. The minimum absolute atomic E-state index is 0.0463. The number of rotatable bonds is 31. The van der Waals surface area contributed by atoms with Gasteiger partial charge in [0.1, 0.15) is 42.1 Å². The molecule has 1 saturated heterocycles. The van der Waals surface area contributed by atoms with Crippen molar-refractivity contribution < 1.29 is 52.5 Å². The molecule has 0 aromatic carbocycles. The van der Waals surface area contributed by atoms with Gasteiger partial charge in [0.05, 0.1) is 6.10 Å². The van der Waals surface area contributed by atoms with E-state index < -0.39 is 54.3 Å². The molecule has 2 rings (SSSR count). The summed E-state index contributed by atoms with van der Waals surface area (Å²) in [6, 6.07) is 0. The first-order valence-electron chi connectivity index (χ1n) is 21.8. The van der Waals surface area contributed by atoms with Crippen LogP contribution < -0.4 is 0 Å². The van der Waals surface area contributed by atoms with Gasteiger partial charge < -0.3 is 23.7 Å². The van der Waals surface area contributed by atoms with Crippen molar-refractivity contribution in [1.82, 2.24) is 0 Å². The molecule has 0 amide bonds. The summed E-state index contributed by atoms with van der Waals surface area (Å²) >= 11 is 0. The second kappa shape index (κ2) is 27.5.